The number of carbonyl (C=O) groups excluding carboxylic acids is 2. The van der Waals surface area contributed by atoms with Crippen molar-refractivity contribution in [2.45, 2.75) is 38.0 Å². The number of carbonyl (C=O) groups is 4. The van der Waals surface area contributed by atoms with Gasteiger partial charge in [-0.05, 0) is 49.8 Å². The lowest BCUT2D eigenvalue weighted by Gasteiger charge is -2.32. The first-order valence-electron chi connectivity index (χ1n) is 13.6. The standard InChI is InChI=1S/C23H28N6O2.2C2HF3O2/c30-20(18-4-1-8-24-13-18)28-11-2-7-23(21(31)27-12-17-5-6-17)16-29(15-19(23)14-28)22-25-9-3-10-26-22;2*3-2(4,5)1(6)7/h1,3-4,8-10,13,17,19H,2,5-7,11-12,14-16H2,(H,27,31);2*(H,6,7)/t19-,23+;;/m0../s1. The fraction of sp³-hybridized carbons (Fsp3) is 0.519. The molecule has 2 aromatic heterocycles. The minimum Gasteiger partial charge on any atom is -0.475 e. The normalized spacial score (nSPS) is 21.2. The molecule has 2 aliphatic heterocycles. The Balaban J connectivity index is 0.000000331. The molecular formula is C27H30F6N6O6. The summed E-state index contributed by atoms with van der Waals surface area (Å²) in [6, 6.07) is 5.38. The summed E-state index contributed by atoms with van der Waals surface area (Å²) in [5.41, 5.74) is 0.0624. The number of amides is 2. The zero-order valence-electron chi connectivity index (χ0n) is 23.6. The molecule has 2 atom stereocenters. The maximum absolute atomic E-state index is 13.5. The fourth-order valence-electron chi connectivity index (χ4n) is 5.00. The van der Waals surface area contributed by atoms with Crippen molar-refractivity contribution in [2.24, 2.45) is 17.3 Å². The molecule has 0 aromatic carbocycles. The third-order valence-electron chi connectivity index (χ3n) is 7.40. The summed E-state index contributed by atoms with van der Waals surface area (Å²) < 4.78 is 63.5. The number of aliphatic carboxylic acids is 2. The van der Waals surface area contributed by atoms with Crippen molar-refractivity contribution in [1.82, 2.24) is 25.2 Å². The van der Waals surface area contributed by atoms with Gasteiger partial charge in [0.1, 0.15) is 0 Å². The third-order valence-corrected chi connectivity index (χ3v) is 7.40. The Morgan fingerprint density at radius 3 is 2.04 bits per heavy atom. The van der Waals surface area contributed by atoms with E-state index in [4.69, 9.17) is 19.8 Å². The first-order chi connectivity index (χ1) is 21.0. The molecule has 45 heavy (non-hydrogen) atoms. The number of carboxylic acids is 2. The summed E-state index contributed by atoms with van der Waals surface area (Å²) in [7, 11) is 0. The highest BCUT2D eigenvalue weighted by molar-refractivity contribution is 5.94. The van der Waals surface area contributed by atoms with E-state index in [1.54, 1.807) is 43.0 Å². The van der Waals surface area contributed by atoms with E-state index in [1.807, 2.05) is 4.90 Å². The monoisotopic (exact) mass is 648 g/mol. The van der Waals surface area contributed by atoms with Crippen LogP contribution in [0, 0.1) is 17.3 Å². The van der Waals surface area contributed by atoms with Gasteiger partial charge in [-0.1, -0.05) is 0 Å². The van der Waals surface area contributed by atoms with E-state index in [0.29, 0.717) is 43.6 Å². The zero-order valence-corrected chi connectivity index (χ0v) is 23.6. The number of nitrogens with zero attached hydrogens (tertiary/aromatic N) is 5. The van der Waals surface area contributed by atoms with Gasteiger partial charge in [-0.25, -0.2) is 19.6 Å². The first-order valence-corrected chi connectivity index (χ1v) is 13.6. The Kier molecular flexibility index (Phi) is 11.3. The number of hydrogen-bond donors (Lipinski definition) is 3. The topological polar surface area (TPSA) is 166 Å². The van der Waals surface area contributed by atoms with Crippen molar-refractivity contribution >= 4 is 29.7 Å². The van der Waals surface area contributed by atoms with Gasteiger partial charge in [0, 0.05) is 63.4 Å². The minimum atomic E-state index is -5.08. The fourth-order valence-corrected chi connectivity index (χ4v) is 5.00. The molecule has 1 saturated carbocycles. The molecule has 2 saturated heterocycles. The number of hydrogen-bond acceptors (Lipinski definition) is 8. The Morgan fingerprint density at radius 2 is 1.53 bits per heavy atom. The van der Waals surface area contributed by atoms with Crippen LogP contribution in [0.3, 0.4) is 0 Å². The maximum atomic E-state index is 13.5. The van der Waals surface area contributed by atoms with E-state index in [-0.39, 0.29) is 17.7 Å². The van der Waals surface area contributed by atoms with E-state index in [9.17, 15) is 35.9 Å². The van der Waals surface area contributed by atoms with Gasteiger partial charge in [0.15, 0.2) is 0 Å². The van der Waals surface area contributed by atoms with Crippen LogP contribution in [-0.4, -0.2) is 98.9 Å². The molecular weight excluding hydrogens is 618 g/mol. The number of alkyl halides is 6. The molecule has 246 valence electrons. The highest BCUT2D eigenvalue weighted by atomic mass is 19.4. The van der Waals surface area contributed by atoms with Crippen molar-refractivity contribution in [3.63, 3.8) is 0 Å². The summed E-state index contributed by atoms with van der Waals surface area (Å²) in [5, 5.41) is 17.5. The Morgan fingerprint density at radius 1 is 0.933 bits per heavy atom. The van der Waals surface area contributed by atoms with E-state index in [0.717, 1.165) is 19.4 Å². The largest absolute Gasteiger partial charge is 0.490 e. The Hall–Kier alpha value is -4.51. The van der Waals surface area contributed by atoms with Crippen LogP contribution in [0.4, 0.5) is 32.3 Å². The van der Waals surface area contributed by atoms with Crippen LogP contribution >= 0.6 is 0 Å². The van der Waals surface area contributed by atoms with Gasteiger partial charge in [-0.3, -0.25) is 14.6 Å². The molecule has 12 nitrogen and oxygen atoms in total. The molecule has 3 aliphatic rings. The van der Waals surface area contributed by atoms with Gasteiger partial charge < -0.3 is 25.3 Å². The smallest absolute Gasteiger partial charge is 0.475 e. The summed E-state index contributed by atoms with van der Waals surface area (Å²) in [4.78, 5) is 61.4. The first kappa shape index (κ1) is 35.0. The highest BCUT2D eigenvalue weighted by Crippen LogP contribution is 2.44. The number of anilines is 1. The Labute approximate surface area is 252 Å². The molecule has 5 rings (SSSR count). The zero-order chi connectivity index (χ0) is 33.4. The number of halogens is 6. The van der Waals surface area contributed by atoms with Gasteiger partial charge in [0.05, 0.1) is 11.0 Å². The van der Waals surface area contributed by atoms with Crippen LogP contribution in [0.5, 0.6) is 0 Å². The molecule has 1 aliphatic carbocycles. The lowest BCUT2D eigenvalue weighted by atomic mass is 9.74. The lowest BCUT2D eigenvalue weighted by Crippen LogP contribution is -2.48. The van der Waals surface area contributed by atoms with Crippen molar-refractivity contribution in [3.05, 3.63) is 48.5 Å². The van der Waals surface area contributed by atoms with Crippen LogP contribution in [0.15, 0.2) is 43.0 Å². The second-order valence-corrected chi connectivity index (χ2v) is 10.6. The van der Waals surface area contributed by atoms with Crippen LogP contribution in [0.25, 0.3) is 0 Å². The van der Waals surface area contributed by atoms with E-state index < -0.39 is 29.7 Å². The van der Waals surface area contributed by atoms with E-state index >= 15 is 0 Å². The number of fused-ring (bicyclic) bond motifs is 1. The molecule has 0 unspecified atom stereocenters. The SMILES string of the molecule is O=C(O)C(F)(F)F.O=C(O)C(F)(F)F.O=C(c1cccnc1)N1CCC[C@@]2(C(=O)NCC3CC3)CN(c3ncccn3)C[C@@H]2C1. The molecule has 0 bridgehead atoms. The number of likely N-dealkylation sites (tertiary alicyclic amines) is 1. The summed E-state index contributed by atoms with van der Waals surface area (Å²) in [6.07, 6.45) is 0.535. The third kappa shape index (κ3) is 9.74. The molecule has 3 N–H and O–H groups in total. The molecule has 0 radical (unpaired) electrons. The van der Waals surface area contributed by atoms with Gasteiger partial charge in [0.25, 0.3) is 5.91 Å². The predicted octanol–water partition coefficient (Wildman–Crippen LogP) is 3.02. The molecule has 3 fully saturated rings. The second-order valence-electron chi connectivity index (χ2n) is 10.6. The van der Waals surface area contributed by atoms with Crippen molar-refractivity contribution < 1.29 is 55.7 Å². The molecule has 18 heteroatoms. The van der Waals surface area contributed by atoms with Crippen LogP contribution in [0.1, 0.15) is 36.0 Å². The van der Waals surface area contributed by atoms with Gasteiger partial charge >= 0.3 is 24.3 Å². The maximum Gasteiger partial charge on any atom is 0.490 e. The van der Waals surface area contributed by atoms with E-state index in [1.165, 1.54) is 12.8 Å². The predicted molar refractivity (Wildman–Crippen MR) is 143 cm³/mol. The highest BCUT2D eigenvalue weighted by Gasteiger charge is 2.54. The van der Waals surface area contributed by atoms with Crippen molar-refractivity contribution in [1.29, 1.82) is 0 Å². The Bertz CT molecular complexity index is 1310. The molecule has 2 amide bonds. The number of rotatable bonds is 5. The quantitative estimate of drug-likeness (QED) is 0.411. The average Bonchev–Trinajstić information content (AvgIpc) is 3.78. The average molecular weight is 649 g/mol. The molecule has 0 spiro atoms. The van der Waals surface area contributed by atoms with Gasteiger partial charge in [0.2, 0.25) is 11.9 Å². The number of pyridine rings is 1. The van der Waals surface area contributed by atoms with Crippen LogP contribution in [0.2, 0.25) is 0 Å². The molecule has 2 aromatic rings. The van der Waals surface area contributed by atoms with Gasteiger partial charge in [-0.2, -0.15) is 26.3 Å². The van der Waals surface area contributed by atoms with Crippen molar-refractivity contribution in [3.8, 4) is 0 Å². The summed E-state index contributed by atoms with van der Waals surface area (Å²) in [6.45, 7) is 3.22. The van der Waals surface area contributed by atoms with E-state index in [2.05, 4.69) is 25.2 Å². The van der Waals surface area contributed by atoms with Crippen molar-refractivity contribution in [2.75, 3.05) is 37.6 Å². The number of nitrogens with one attached hydrogen (secondary N) is 1. The van der Waals surface area contributed by atoms with Gasteiger partial charge in [-0.15, -0.1) is 0 Å². The minimum absolute atomic E-state index is 0.0169. The molecule has 4 heterocycles. The summed E-state index contributed by atoms with van der Waals surface area (Å²) in [5.74, 6) is -4.10. The van der Waals surface area contributed by atoms with Crippen LogP contribution < -0.4 is 10.2 Å². The lowest BCUT2D eigenvalue weighted by molar-refractivity contribution is -0.193. The summed E-state index contributed by atoms with van der Waals surface area (Å²) >= 11 is 0. The second kappa shape index (κ2) is 14.5. The van der Waals surface area contributed by atoms with Crippen LogP contribution in [-0.2, 0) is 14.4 Å². The number of aromatic nitrogens is 3. The number of carboxylic acid groups (broad SMARTS) is 2.